The van der Waals surface area contributed by atoms with Gasteiger partial charge in [0.15, 0.2) is 0 Å². The number of likely N-dealkylation sites (tertiary alicyclic amines) is 1. The van der Waals surface area contributed by atoms with Crippen molar-refractivity contribution < 1.29 is 4.74 Å². The van der Waals surface area contributed by atoms with Crippen molar-refractivity contribution in [1.29, 1.82) is 0 Å². The number of H-pyrrole nitrogens is 1. The van der Waals surface area contributed by atoms with Crippen LogP contribution in [-0.2, 0) is 6.42 Å². The van der Waals surface area contributed by atoms with E-state index in [2.05, 4.69) is 51.6 Å². The van der Waals surface area contributed by atoms with E-state index >= 15 is 0 Å². The summed E-state index contributed by atoms with van der Waals surface area (Å²) in [6.45, 7) is 1.04. The van der Waals surface area contributed by atoms with Gasteiger partial charge in [0, 0.05) is 47.7 Å². The van der Waals surface area contributed by atoms with Crippen LogP contribution in [0.1, 0.15) is 23.5 Å². The number of rotatable bonds is 3. The molecule has 0 bridgehead atoms. The Labute approximate surface area is 153 Å². The van der Waals surface area contributed by atoms with Gasteiger partial charge in [0.1, 0.15) is 0 Å². The SMILES string of the molecule is COc1ccc(N[C@@H]2CC3c4cccc5[nH]cc(c45)C[C@H]3N(C)C2)cn1. The minimum atomic E-state index is 0.409. The van der Waals surface area contributed by atoms with Crippen molar-refractivity contribution >= 4 is 16.6 Å². The molecule has 3 atom stereocenters. The number of pyridine rings is 1. The van der Waals surface area contributed by atoms with Gasteiger partial charge in [-0.15, -0.1) is 0 Å². The van der Waals surface area contributed by atoms with Crippen LogP contribution in [0.3, 0.4) is 0 Å². The van der Waals surface area contributed by atoms with Crippen LogP contribution >= 0.6 is 0 Å². The summed E-state index contributed by atoms with van der Waals surface area (Å²) in [6.07, 6.45) is 6.34. The Kier molecular flexibility index (Phi) is 3.64. The van der Waals surface area contributed by atoms with Crippen molar-refractivity contribution in [2.24, 2.45) is 0 Å². The highest BCUT2D eigenvalue weighted by atomic mass is 16.5. The van der Waals surface area contributed by atoms with Crippen LogP contribution in [0, 0.1) is 0 Å². The molecule has 1 aliphatic carbocycles. The van der Waals surface area contributed by atoms with Gasteiger partial charge in [-0.2, -0.15) is 0 Å². The Morgan fingerprint density at radius 2 is 2.19 bits per heavy atom. The molecule has 0 radical (unpaired) electrons. The molecule has 1 saturated heterocycles. The molecule has 2 aliphatic rings. The second-order valence-electron chi connectivity index (χ2n) is 7.57. The third-order valence-corrected chi connectivity index (χ3v) is 6.04. The maximum absolute atomic E-state index is 5.15. The first-order valence-electron chi connectivity index (χ1n) is 9.28. The molecule has 26 heavy (non-hydrogen) atoms. The second-order valence-corrected chi connectivity index (χ2v) is 7.57. The molecule has 3 heterocycles. The average molecular weight is 348 g/mol. The molecule has 2 aromatic heterocycles. The lowest BCUT2D eigenvalue weighted by Gasteiger charge is -2.45. The molecule has 5 heteroatoms. The number of fused-ring (bicyclic) bond motifs is 2. The second kappa shape index (κ2) is 6.02. The van der Waals surface area contributed by atoms with Crippen LogP contribution in [0.5, 0.6) is 5.88 Å². The Morgan fingerprint density at radius 1 is 1.27 bits per heavy atom. The van der Waals surface area contributed by atoms with Gasteiger partial charge in [0.05, 0.1) is 19.0 Å². The summed E-state index contributed by atoms with van der Waals surface area (Å²) in [5, 5.41) is 5.13. The summed E-state index contributed by atoms with van der Waals surface area (Å²) in [6, 6.07) is 11.6. The lowest BCUT2D eigenvalue weighted by atomic mass is 9.74. The van der Waals surface area contributed by atoms with E-state index in [1.807, 2.05) is 18.3 Å². The molecule has 134 valence electrons. The first kappa shape index (κ1) is 15.7. The van der Waals surface area contributed by atoms with Gasteiger partial charge in [-0.3, -0.25) is 0 Å². The van der Waals surface area contributed by atoms with Crippen LogP contribution in [0.2, 0.25) is 0 Å². The summed E-state index contributed by atoms with van der Waals surface area (Å²) in [5.74, 6) is 1.21. The first-order chi connectivity index (χ1) is 12.7. The van der Waals surface area contributed by atoms with Crippen molar-refractivity contribution in [3.8, 4) is 5.88 Å². The number of piperidine rings is 1. The molecular weight excluding hydrogens is 324 g/mol. The number of aromatic nitrogens is 2. The number of methoxy groups -OCH3 is 1. The van der Waals surface area contributed by atoms with Crippen LogP contribution in [0.4, 0.5) is 5.69 Å². The van der Waals surface area contributed by atoms with E-state index in [1.54, 1.807) is 7.11 Å². The Balaban J connectivity index is 1.43. The highest BCUT2D eigenvalue weighted by Crippen LogP contribution is 2.43. The van der Waals surface area contributed by atoms with Crippen molar-refractivity contribution in [1.82, 2.24) is 14.9 Å². The predicted octanol–water partition coefficient (Wildman–Crippen LogP) is 3.40. The smallest absolute Gasteiger partial charge is 0.213 e. The fourth-order valence-electron chi connectivity index (χ4n) is 4.87. The molecule has 1 aromatic carbocycles. The summed E-state index contributed by atoms with van der Waals surface area (Å²) in [4.78, 5) is 10.3. The fraction of sp³-hybridized carbons (Fsp3) is 0.381. The molecule has 0 amide bonds. The standard InChI is InChI=1S/C21H24N4O/c1-25-12-15(24-14-6-7-20(26-2)23-11-14)9-17-16-4-3-5-18-21(16)13(10-22-18)8-19(17)25/h3-7,10-11,15,17,19,22,24H,8-9,12H2,1-2H3/t15-,17?,19-/m1/s1. The van der Waals surface area contributed by atoms with Crippen LogP contribution < -0.4 is 10.1 Å². The molecule has 0 spiro atoms. The number of anilines is 1. The van der Waals surface area contributed by atoms with E-state index in [4.69, 9.17) is 4.74 Å². The number of aromatic amines is 1. The van der Waals surface area contributed by atoms with Crippen molar-refractivity contribution in [2.75, 3.05) is 26.0 Å². The van der Waals surface area contributed by atoms with Crippen molar-refractivity contribution in [2.45, 2.75) is 30.8 Å². The number of hydrogen-bond donors (Lipinski definition) is 2. The van der Waals surface area contributed by atoms with Crippen LogP contribution in [-0.4, -0.2) is 47.7 Å². The molecule has 0 saturated carbocycles. The molecule has 5 nitrogen and oxygen atoms in total. The highest BCUT2D eigenvalue weighted by Gasteiger charge is 2.39. The van der Waals surface area contributed by atoms with Gasteiger partial charge < -0.3 is 19.9 Å². The number of hydrogen-bond acceptors (Lipinski definition) is 4. The summed E-state index contributed by atoms with van der Waals surface area (Å²) in [5.41, 5.74) is 5.29. The molecule has 1 unspecified atom stereocenters. The van der Waals surface area contributed by atoms with E-state index in [9.17, 15) is 0 Å². The van der Waals surface area contributed by atoms with Gasteiger partial charge >= 0.3 is 0 Å². The minimum Gasteiger partial charge on any atom is -0.481 e. The quantitative estimate of drug-likeness (QED) is 0.762. The maximum atomic E-state index is 5.15. The van der Waals surface area contributed by atoms with Crippen molar-refractivity contribution in [3.05, 3.63) is 53.9 Å². The molecule has 5 rings (SSSR count). The van der Waals surface area contributed by atoms with Crippen molar-refractivity contribution in [3.63, 3.8) is 0 Å². The predicted molar refractivity (Wildman–Crippen MR) is 104 cm³/mol. The first-order valence-corrected chi connectivity index (χ1v) is 9.28. The Hall–Kier alpha value is -2.53. The molecule has 2 N–H and O–H groups in total. The zero-order valence-corrected chi connectivity index (χ0v) is 15.2. The fourth-order valence-corrected chi connectivity index (χ4v) is 4.87. The molecule has 3 aromatic rings. The lowest BCUT2D eigenvalue weighted by molar-refractivity contribution is 0.147. The summed E-state index contributed by atoms with van der Waals surface area (Å²) >= 11 is 0. The normalized spacial score (nSPS) is 25.1. The van der Waals surface area contributed by atoms with Gasteiger partial charge in [0.2, 0.25) is 5.88 Å². The lowest BCUT2D eigenvalue weighted by Crippen LogP contribution is -2.51. The Bertz CT molecular complexity index is 933. The topological polar surface area (TPSA) is 53.2 Å². The number of nitrogens with one attached hydrogen (secondary N) is 2. The van der Waals surface area contributed by atoms with Crippen LogP contribution in [0.15, 0.2) is 42.7 Å². The number of nitrogens with zero attached hydrogens (tertiary/aromatic N) is 2. The maximum Gasteiger partial charge on any atom is 0.213 e. The van der Waals surface area contributed by atoms with E-state index in [0.29, 0.717) is 23.9 Å². The van der Waals surface area contributed by atoms with E-state index in [1.165, 1.54) is 22.0 Å². The summed E-state index contributed by atoms with van der Waals surface area (Å²) in [7, 11) is 3.90. The molecular formula is C21H24N4O. The summed E-state index contributed by atoms with van der Waals surface area (Å²) < 4.78 is 5.15. The van der Waals surface area contributed by atoms with Gasteiger partial charge in [-0.25, -0.2) is 4.98 Å². The van der Waals surface area contributed by atoms with E-state index in [0.717, 1.165) is 25.1 Å². The monoisotopic (exact) mass is 348 g/mol. The zero-order chi connectivity index (χ0) is 17.7. The highest BCUT2D eigenvalue weighted by molar-refractivity contribution is 5.88. The van der Waals surface area contributed by atoms with E-state index in [-0.39, 0.29) is 0 Å². The number of ether oxygens (including phenoxy) is 1. The molecule has 1 fully saturated rings. The zero-order valence-electron chi connectivity index (χ0n) is 15.2. The van der Waals surface area contributed by atoms with E-state index < -0.39 is 0 Å². The largest absolute Gasteiger partial charge is 0.481 e. The third kappa shape index (κ3) is 2.46. The number of benzene rings is 1. The Morgan fingerprint density at radius 3 is 3.00 bits per heavy atom. The van der Waals surface area contributed by atoms with Crippen LogP contribution in [0.25, 0.3) is 10.9 Å². The minimum absolute atomic E-state index is 0.409. The van der Waals surface area contributed by atoms with Gasteiger partial charge in [-0.1, -0.05) is 12.1 Å². The molecule has 1 aliphatic heterocycles. The van der Waals surface area contributed by atoms with Gasteiger partial charge in [0.25, 0.3) is 0 Å². The third-order valence-electron chi connectivity index (χ3n) is 6.04. The average Bonchev–Trinajstić information content (AvgIpc) is 3.08. The van der Waals surface area contributed by atoms with Gasteiger partial charge in [-0.05, 0) is 43.1 Å². The number of likely N-dealkylation sites (N-methyl/N-ethyl adjacent to an activating group) is 1.